The monoisotopic (exact) mass is 244 g/mol. The fourth-order valence-corrected chi connectivity index (χ4v) is 0.899. The Labute approximate surface area is 69.4 Å². The minimum absolute atomic E-state index is 0.966. The number of allylic oxidation sites excluding steroid dienone is 2. The third kappa shape index (κ3) is 2.92. The first-order valence-electron chi connectivity index (χ1n) is 2.75. The molecule has 0 N–H and O–H groups in total. The van der Waals surface area contributed by atoms with Crippen LogP contribution < -0.4 is 0 Å². The van der Waals surface area contributed by atoms with E-state index in [1.165, 1.54) is 3.58 Å². The quantitative estimate of drug-likeness (QED) is 0.650. The molecule has 0 fully saturated rings. The van der Waals surface area contributed by atoms with Gasteiger partial charge in [-0.2, -0.15) is 0 Å². The lowest BCUT2D eigenvalue weighted by Crippen LogP contribution is -1.71. The summed E-state index contributed by atoms with van der Waals surface area (Å²) in [6.07, 6.45) is 2.03. The van der Waals surface area contributed by atoms with Crippen molar-refractivity contribution in [2.75, 3.05) is 0 Å². The predicted octanol–water partition coefficient (Wildman–Crippen LogP) is 3.69. The Morgan fingerprint density at radius 2 is 1.88 bits per heavy atom. The number of rotatable bonds is 2. The Morgan fingerprint density at radius 1 is 1.38 bits per heavy atom. The van der Waals surface area contributed by atoms with Gasteiger partial charge >= 0.3 is 0 Å². The predicted molar refractivity (Wildman–Crippen MR) is 47.5 cm³/mol. The molecule has 0 rings (SSSR count). The van der Waals surface area contributed by atoms with Gasteiger partial charge in [0, 0.05) is 8.61 Å². The van der Waals surface area contributed by atoms with Crippen LogP contribution in [-0.2, 0) is 0 Å². The highest BCUT2D eigenvalue weighted by Crippen LogP contribution is 2.21. The van der Waals surface area contributed by atoms with Crippen molar-refractivity contribution in [2.45, 2.75) is 26.7 Å². The standard InChI is InChI=1S/C6H10ClI/c1-3-5(7)6(8)4-2/h3-4H2,1-2H3. The highest BCUT2D eigenvalue weighted by atomic mass is 127. The second-order valence-corrected chi connectivity index (χ2v) is 3.28. The van der Waals surface area contributed by atoms with Crippen molar-refractivity contribution in [2.24, 2.45) is 0 Å². The summed E-state index contributed by atoms with van der Waals surface area (Å²) in [5.41, 5.74) is 0. The second-order valence-electron chi connectivity index (χ2n) is 1.52. The van der Waals surface area contributed by atoms with Gasteiger partial charge < -0.3 is 0 Å². The molecule has 0 bridgehead atoms. The third-order valence-corrected chi connectivity index (χ3v) is 3.14. The molecule has 48 valence electrons. The fourth-order valence-electron chi connectivity index (χ4n) is 0.384. The summed E-state index contributed by atoms with van der Waals surface area (Å²) in [6.45, 7) is 4.18. The van der Waals surface area contributed by atoms with E-state index in [1.54, 1.807) is 0 Å². The third-order valence-electron chi connectivity index (χ3n) is 0.915. The molecule has 0 heterocycles. The van der Waals surface area contributed by atoms with E-state index in [2.05, 4.69) is 36.4 Å². The zero-order chi connectivity index (χ0) is 6.57. The van der Waals surface area contributed by atoms with E-state index in [9.17, 15) is 0 Å². The molecule has 0 aromatic rings. The van der Waals surface area contributed by atoms with E-state index in [-0.39, 0.29) is 0 Å². The van der Waals surface area contributed by atoms with Gasteiger partial charge in [-0.05, 0) is 35.4 Å². The normalized spacial score (nSPS) is 13.5. The topological polar surface area (TPSA) is 0 Å². The van der Waals surface area contributed by atoms with Crippen LogP contribution in [0.15, 0.2) is 8.61 Å². The summed E-state index contributed by atoms with van der Waals surface area (Å²) in [6, 6.07) is 0. The molecule has 0 aromatic heterocycles. The van der Waals surface area contributed by atoms with Crippen molar-refractivity contribution >= 4 is 34.2 Å². The molecular weight excluding hydrogens is 234 g/mol. The number of hydrogen-bond donors (Lipinski definition) is 0. The molecule has 0 aromatic carbocycles. The number of halogens is 2. The highest BCUT2D eigenvalue weighted by molar-refractivity contribution is 14.1. The van der Waals surface area contributed by atoms with Crippen LogP contribution in [0.4, 0.5) is 0 Å². The molecule has 2 heteroatoms. The molecular formula is C6H10ClI. The first-order chi connectivity index (χ1) is 3.72. The lowest BCUT2D eigenvalue weighted by molar-refractivity contribution is 1.13. The smallest absolute Gasteiger partial charge is 0.0270 e. The van der Waals surface area contributed by atoms with E-state index >= 15 is 0 Å². The van der Waals surface area contributed by atoms with Gasteiger partial charge in [0.1, 0.15) is 0 Å². The van der Waals surface area contributed by atoms with E-state index in [0.29, 0.717) is 0 Å². The van der Waals surface area contributed by atoms with Crippen LogP contribution in [-0.4, -0.2) is 0 Å². The van der Waals surface area contributed by atoms with Crippen LogP contribution in [0.3, 0.4) is 0 Å². The maximum atomic E-state index is 5.79. The largest absolute Gasteiger partial charge is 0.0884 e. The summed E-state index contributed by atoms with van der Waals surface area (Å²) in [7, 11) is 0. The van der Waals surface area contributed by atoms with Crippen molar-refractivity contribution in [3.63, 3.8) is 0 Å². The van der Waals surface area contributed by atoms with Gasteiger partial charge in [0.05, 0.1) is 0 Å². The summed E-state index contributed by atoms with van der Waals surface area (Å²) in [5, 5.41) is 1.01. The van der Waals surface area contributed by atoms with Gasteiger partial charge in [0.2, 0.25) is 0 Å². The number of hydrogen-bond acceptors (Lipinski definition) is 0. The molecule has 0 nitrogen and oxygen atoms in total. The van der Waals surface area contributed by atoms with E-state index in [0.717, 1.165) is 17.9 Å². The van der Waals surface area contributed by atoms with Gasteiger partial charge in [-0.3, -0.25) is 0 Å². The van der Waals surface area contributed by atoms with E-state index < -0.39 is 0 Å². The highest BCUT2D eigenvalue weighted by Gasteiger charge is 1.93. The van der Waals surface area contributed by atoms with Crippen molar-refractivity contribution in [1.82, 2.24) is 0 Å². The first-order valence-corrected chi connectivity index (χ1v) is 4.21. The molecule has 0 radical (unpaired) electrons. The maximum Gasteiger partial charge on any atom is 0.0270 e. The molecule has 0 aliphatic heterocycles. The van der Waals surface area contributed by atoms with Gasteiger partial charge in [-0.25, -0.2) is 0 Å². The lowest BCUT2D eigenvalue weighted by Gasteiger charge is -1.94. The average Bonchev–Trinajstić information content (AvgIpc) is 1.84. The fraction of sp³-hybridized carbons (Fsp3) is 0.667. The van der Waals surface area contributed by atoms with Crippen molar-refractivity contribution in [3.05, 3.63) is 8.61 Å². The molecule has 0 aliphatic rings. The van der Waals surface area contributed by atoms with E-state index in [4.69, 9.17) is 11.6 Å². The Balaban J connectivity index is 3.83. The van der Waals surface area contributed by atoms with Crippen LogP contribution in [0.25, 0.3) is 0 Å². The van der Waals surface area contributed by atoms with Gasteiger partial charge in [-0.15, -0.1) is 0 Å². The van der Waals surface area contributed by atoms with Crippen LogP contribution >= 0.6 is 34.2 Å². The zero-order valence-corrected chi connectivity index (χ0v) is 8.08. The van der Waals surface area contributed by atoms with Crippen molar-refractivity contribution in [1.29, 1.82) is 0 Å². The van der Waals surface area contributed by atoms with Gasteiger partial charge in [0.25, 0.3) is 0 Å². The van der Waals surface area contributed by atoms with Crippen molar-refractivity contribution < 1.29 is 0 Å². The van der Waals surface area contributed by atoms with Crippen molar-refractivity contribution in [3.8, 4) is 0 Å². The van der Waals surface area contributed by atoms with Gasteiger partial charge in [-0.1, -0.05) is 25.4 Å². The molecule has 0 saturated carbocycles. The molecule has 0 unspecified atom stereocenters. The minimum atomic E-state index is 0.966. The maximum absolute atomic E-state index is 5.79. The molecule has 0 amide bonds. The van der Waals surface area contributed by atoms with Crippen LogP contribution in [0, 0.1) is 0 Å². The van der Waals surface area contributed by atoms with E-state index in [1.807, 2.05) is 0 Å². The minimum Gasteiger partial charge on any atom is -0.0884 e. The second kappa shape index (κ2) is 4.62. The summed E-state index contributed by atoms with van der Waals surface area (Å²) in [4.78, 5) is 0. The van der Waals surface area contributed by atoms with Gasteiger partial charge in [0.15, 0.2) is 0 Å². The molecule has 0 aliphatic carbocycles. The van der Waals surface area contributed by atoms with Crippen LogP contribution in [0.2, 0.25) is 0 Å². The lowest BCUT2D eigenvalue weighted by atomic mass is 10.3. The molecule has 8 heavy (non-hydrogen) atoms. The summed E-state index contributed by atoms with van der Waals surface area (Å²) >= 11 is 8.07. The Hall–Kier alpha value is 0.760. The summed E-state index contributed by atoms with van der Waals surface area (Å²) in [5.74, 6) is 0. The van der Waals surface area contributed by atoms with Crippen LogP contribution in [0.1, 0.15) is 26.7 Å². The SMILES string of the molecule is CCC(Cl)=C(I)CC. The average molecular weight is 245 g/mol. The molecule has 0 spiro atoms. The molecule has 0 atom stereocenters. The summed E-state index contributed by atoms with van der Waals surface area (Å²) < 4.78 is 1.28. The first kappa shape index (κ1) is 8.76. The van der Waals surface area contributed by atoms with Crippen LogP contribution in [0.5, 0.6) is 0 Å². The zero-order valence-electron chi connectivity index (χ0n) is 5.17. The Bertz CT molecular complexity index is 84.7. The Morgan fingerprint density at radius 3 is 2.00 bits per heavy atom. The Kier molecular flexibility index (Phi) is 5.06. The molecule has 0 saturated heterocycles.